The van der Waals surface area contributed by atoms with Crippen molar-refractivity contribution in [1.29, 1.82) is 0 Å². The number of ether oxygens (including phenoxy) is 1. The fourth-order valence-electron chi connectivity index (χ4n) is 2.42. The van der Waals surface area contributed by atoms with Crippen molar-refractivity contribution in [3.05, 3.63) is 0 Å². The van der Waals surface area contributed by atoms with E-state index in [2.05, 4.69) is 0 Å². The van der Waals surface area contributed by atoms with E-state index in [1.807, 2.05) is 4.90 Å². The third-order valence-electron chi connectivity index (χ3n) is 3.45. The van der Waals surface area contributed by atoms with E-state index in [1.165, 1.54) is 0 Å². The Labute approximate surface area is 102 Å². The molecule has 5 nitrogen and oxygen atoms in total. The van der Waals surface area contributed by atoms with Crippen LogP contribution in [0.15, 0.2) is 0 Å². The highest BCUT2D eigenvalue weighted by molar-refractivity contribution is 5.77. The maximum atomic E-state index is 11.9. The van der Waals surface area contributed by atoms with Gasteiger partial charge in [0.05, 0.1) is 19.1 Å². The molecule has 2 rings (SSSR count). The van der Waals surface area contributed by atoms with Gasteiger partial charge in [-0.05, 0) is 12.8 Å². The Bertz CT molecular complexity index is 300. The number of nitrogens with zero attached hydrogens (tertiary/aromatic N) is 2. The quantitative estimate of drug-likeness (QED) is 0.695. The number of hydrogen-bond donors (Lipinski definition) is 0. The molecule has 17 heavy (non-hydrogen) atoms. The second kappa shape index (κ2) is 5.49. The van der Waals surface area contributed by atoms with Crippen LogP contribution < -0.4 is 0 Å². The molecule has 2 aliphatic rings. The van der Waals surface area contributed by atoms with Gasteiger partial charge >= 0.3 is 0 Å². The summed E-state index contributed by atoms with van der Waals surface area (Å²) in [6.07, 6.45) is 2.50. The molecular weight excluding hydrogens is 220 g/mol. The molecule has 0 N–H and O–H groups in total. The van der Waals surface area contributed by atoms with Crippen LogP contribution in [0.25, 0.3) is 0 Å². The molecule has 0 bridgehead atoms. The van der Waals surface area contributed by atoms with Crippen molar-refractivity contribution in [1.82, 2.24) is 9.80 Å². The number of hydrogen-bond acceptors (Lipinski definition) is 3. The van der Waals surface area contributed by atoms with Crippen molar-refractivity contribution in [2.24, 2.45) is 0 Å². The van der Waals surface area contributed by atoms with Gasteiger partial charge in [-0.25, -0.2) is 0 Å². The number of morpholine rings is 1. The van der Waals surface area contributed by atoms with Crippen LogP contribution in [0.5, 0.6) is 0 Å². The van der Waals surface area contributed by atoms with E-state index >= 15 is 0 Å². The van der Waals surface area contributed by atoms with Crippen molar-refractivity contribution in [3.63, 3.8) is 0 Å². The molecule has 1 atom stereocenters. The minimum Gasteiger partial charge on any atom is -0.374 e. The summed E-state index contributed by atoms with van der Waals surface area (Å²) >= 11 is 0. The maximum absolute atomic E-state index is 11.9. The largest absolute Gasteiger partial charge is 0.374 e. The molecule has 0 saturated carbocycles. The maximum Gasteiger partial charge on any atom is 0.225 e. The predicted molar refractivity (Wildman–Crippen MR) is 62.4 cm³/mol. The summed E-state index contributed by atoms with van der Waals surface area (Å²) in [5.74, 6) is 0.227. The van der Waals surface area contributed by atoms with E-state index in [4.69, 9.17) is 4.74 Å². The smallest absolute Gasteiger partial charge is 0.225 e. The number of amides is 2. The molecule has 0 aromatic rings. The number of carbonyl (C=O) groups excluding carboxylic acids is 2. The van der Waals surface area contributed by atoms with Gasteiger partial charge in [-0.2, -0.15) is 0 Å². The molecule has 2 saturated heterocycles. The average Bonchev–Trinajstić information content (AvgIpc) is 2.82. The highest BCUT2D eigenvalue weighted by atomic mass is 16.5. The highest BCUT2D eigenvalue weighted by Gasteiger charge is 2.27. The zero-order valence-corrected chi connectivity index (χ0v) is 10.4. The summed E-state index contributed by atoms with van der Waals surface area (Å²) in [5.41, 5.74) is 0. The molecule has 0 aromatic heterocycles. The second-order valence-electron chi connectivity index (χ2n) is 4.75. The summed E-state index contributed by atoms with van der Waals surface area (Å²) in [6, 6.07) is 0. The predicted octanol–water partition coefficient (Wildman–Crippen LogP) is 0.246. The minimum absolute atomic E-state index is 0.0620. The zero-order chi connectivity index (χ0) is 12.3. The van der Waals surface area contributed by atoms with E-state index in [0.29, 0.717) is 26.1 Å². The molecule has 2 aliphatic heterocycles. The van der Waals surface area contributed by atoms with E-state index in [9.17, 15) is 9.59 Å². The zero-order valence-electron chi connectivity index (χ0n) is 10.4. The summed E-state index contributed by atoms with van der Waals surface area (Å²) in [4.78, 5) is 26.8. The van der Waals surface area contributed by atoms with Gasteiger partial charge < -0.3 is 14.5 Å². The van der Waals surface area contributed by atoms with Gasteiger partial charge in [-0.3, -0.25) is 9.59 Å². The van der Waals surface area contributed by atoms with E-state index in [0.717, 1.165) is 25.9 Å². The lowest BCUT2D eigenvalue weighted by Crippen LogP contribution is -2.46. The topological polar surface area (TPSA) is 49.9 Å². The Hall–Kier alpha value is -1.10. The van der Waals surface area contributed by atoms with Crippen LogP contribution in [-0.4, -0.2) is 60.5 Å². The molecule has 1 unspecified atom stereocenters. The Morgan fingerprint density at radius 3 is 2.53 bits per heavy atom. The Morgan fingerprint density at radius 2 is 1.88 bits per heavy atom. The molecule has 0 radical (unpaired) electrons. The van der Waals surface area contributed by atoms with Gasteiger partial charge in [0.2, 0.25) is 11.8 Å². The molecule has 2 heterocycles. The SMILES string of the molecule is CC(=O)N1CCOC(CC(=O)N2CCCC2)C1. The third kappa shape index (κ3) is 3.19. The third-order valence-corrected chi connectivity index (χ3v) is 3.45. The molecule has 2 fully saturated rings. The van der Waals surface area contributed by atoms with Gasteiger partial charge in [-0.1, -0.05) is 0 Å². The molecule has 0 aliphatic carbocycles. The van der Waals surface area contributed by atoms with Crippen LogP contribution in [0.2, 0.25) is 0 Å². The first-order chi connectivity index (χ1) is 8.16. The van der Waals surface area contributed by atoms with Gasteiger partial charge in [0.1, 0.15) is 0 Å². The monoisotopic (exact) mass is 240 g/mol. The van der Waals surface area contributed by atoms with E-state index in [1.54, 1.807) is 11.8 Å². The number of carbonyl (C=O) groups is 2. The van der Waals surface area contributed by atoms with Crippen LogP contribution in [0.4, 0.5) is 0 Å². The molecule has 0 aromatic carbocycles. The normalized spacial score (nSPS) is 25.1. The molecule has 2 amide bonds. The van der Waals surface area contributed by atoms with Crippen molar-refractivity contribution < 1.29 is 14.3 Å². The van der Waals surface area contributed by atoms with Crippen molar-refractivity contribution in [2.45, 2.75) is 32.3 Å². The van der Waals surface area contributed by atoms with Crippen LogP contribution in [0.1, 0.15) is 26.2 Å². The minimum atomic E-state index is -0.124. The fourth-order valence-corrected chi connectivity index (χ4v) is 2.42. The first kappa shape index (κ1) is 12.4. The lowest BCUT2D eigenvalue weighted by Gasteiger charge is -2.32. The molecular formula is C12H20N2O3. The number of likely N-dealkylation sites (tertiary alicyclic amines) is 1. The molecule has 5 heteroatoms. The van der Waals surface area contributed by atoms with Crippen molar-refractivity contribution in [3.8, 4) is 0 Å². The van der Waals surface area contributed by atoms with Crippen LogP contribution in [-0.2, 0) is 14.3 Å². The van der Waals surface area contributed by atoms with Gasteiger partial charge in [0.25, 0.3) is 0 Å². The second-order valence-corrected chi connectivity index (χ2v) is 4.75. The lowest BCUT2D eigenvalue weighted by atomic mass is 10.2. The molecule has 96 valence electrons. The first-order valence-electron chi connectivity index (χ1n) is 6.31. The lowest BCUT2D eigenvalue weighted by molar-refractivity contribution is -0.142. The average molecular weight is 240 g/mol. The van der Waals surface area contributed by atoms with Crippen LogP contribution >= 0.6 is 0 Å². The summed E-state index contributed by atoms with van der Waals surface area (Å²) in [7, 11) is 0. The summed E-state index contributed by atoms with van der Waals surface area (Å²) in [6.45, 7) is 5.05. The van der Waals surface area contributed by atoms with E-state index in [-0.39, 0.29) is 17.9 Å². The van der Waals surface area contributed by atoms with Gasteiger partial charge in [-0.15, -0.1) is 0 Å². The van der Waals surface area contributed by atoms with Crippen molar-refractivity contribution in [2.75, 3.05) is 32.8 Å². The first-order valence-corrected chi connectivity index (χ1v) is 6.31. The number of rotatable bonds is 2. The summed E-state index contributed by atoms with van der Waals surface area (Å²) < 4.78 is 5.55. The van der Waals surface area contributed by atoms with Crippen LogP contribution in [0.3, 0.4) is 0 Å². The molecule has 0 spiro atoms. The Morgan fingerprint density at radius 1 is 1.18 bits per heavy atom. The highest BCUT2D eigenvalue weighted by Crippen LogP contribution is 2.14. The standard InChI is InChI=1S/C12H20N2O3/c1-10(15)14-6-7-17-11(9-14)8-12(16)13-4-2-3-5-13/h11H,2-9H2,1H3. The van der Waals surface area contributed by atoms with Gasteiger partial charge in [0.15, 0.2) is 0 Å². The Balaban J connectivity index is 1.81. The Kier molecular flexibility index (Phi) is 3.99. The van der Waals surface area contributed by atoms with Crippen molar-refractivity contribution >= 4 is 11.8 Å². The summed E-state index contributed by atoms with van der Waals surface area (Å²) in [5, 5.41) is 0. The van der Waals surface area contributed by atoms with E-state index < -0.39 is 0 Å². The van der Waals surface area contributed by atoms with Crippen LogP contribution in [0, 0.1) is 0 Å². The fraction of sp³-hybridized carbons (Fsp3) is 0.833. The van der Waals surface area contributed by atoms with Gasteiger partial charge in [0, 0.05) is 33.1 Å².